The summed E-state index contributed by atoms with van der Waals surface area (Å²) in [6.45, 7) is 3.45. The van der Waals surface area contributed by atoms with Gasteiger partial charge in [0.2, 0.25) is 0 Å². The van der Waals surface area contributed by atoms with Crippen LogP contribution >= 0.6 is 11.3 Å². The predicted molar refractivity (Wildman–Crippen MR) is 122 cm³/mol. The Morgan fingerprint density at radius 1 is 1.06 bits per heavy atom. The molecule has 166 valence electrons. The lowest BCUT2D eigenvalue weighted by molar-refractivity contribution is 0.0731. The minimum atomic E-state index is 0.110. The predicted octanol–water partition coefficient (Wildman–Crippen LogP) is 4.26. The molecule has 2 aliphatic heterocycles. The number of nitrogens with zero attached hydrogens (tertiary/aromatic N) is 6. The summed E-state index contributed by atoms with van der Waals surface area (Å²) in [5.74, 6) is 1.22. The van der Waals surface area contributed by atoms with Crippen molar-refractivity contribution in [3.63, 3.8) is 0 Å². The van der Waals surface area contributed by atoms with Crippen molar-refractivity contribution in [2.75, 3.05) is 19.6 Å². The molecule has 0 bridgehead atoms. The lowest BCUT2D eigenvalue weighted by Gasteiger charge is -2.35. The summed E-state index contributed by atoms with van der Waals surface area (Å²) in [5.41, 5.74) is 1.68. The fourth-order valence-corrected chi connectivity index (χ4v) is 5.85. The van der Waals surface area contributed by atoms with Crippen molar-refractivity contribution >= 4 is 22.2 Å². The van der Waals surface area contributed by atoms with Gasteiger partial charge in [0.05, 0.1) is 11.7 Å². The van der Waals surface area contributed by atoms with Gasteiger partial charge in [0.1, 0.15) is 5.82 Å². The number of hydrogen-bond acceptors (Lipinski definition) is 5. The van der Waals surface area contributed by atoms with Crippen LogP contribution in [0.15, 0.2) is 24.0 Å². The summed E-state index contributed by atoms with van der Waals surface area (Å²) in [5, 5.41) is 2.06. The Bertz CT molecular complexity index is 1030. The van der Waals surface area contributed by atoms with Crippen molar-refractivity contribution in [1.82, 2.24) is 28.7 Å². The smallest absolute Gasteiger partial charge is 0.274 e. The molecule has 5 rings (SSSR count). The van der Waals surface area contributed by atoms with Crippen LogP contribution in [0, 0.1) is 0 Å². The number of aromatic nitrogens is 4. The van der Waals surface area contributed by atoms with Gasteiger partial charge in [0.25, 0.3) is 5.91 Å². The Morgan fingerprint density at radius 2 is 1.84 bits per heavy atom. The van der Waals surface area contributed by atoms with Gasteiger partial charge in [-0.15, -0.1) is 11.3 Å². The normalized spacial score (nSPS) is 21.3. The van der Waals surface area contributed by atoms with Crippen LogP contribution in [-0.4, -0.2) is 54.3 Å². The molecule has 7 nitrogen and oxygen atoms in total. The second-order valence-corrected chi connectivity index (χ2v) is 9.77. The standard InChI is InChI=1S/C23H32N6OS/c1-26-14-10-24-21(26)18-9-5-8-13-28(18)17-19-20(25-23-29(19)15-16-31-23)22(30)27-11-6-3-2-4-7-12-27/h10,14-16,18H,2-9,11-13,17H2,1H3/t18-/m1/s1. The third-order valence-electron chi connectivity index (χ3n) is 6.83. The van der Waals surface area contributed by atoms with E-state index in [2.05, 4.69) is 37.5 Å². The lowest BCUT2D eigenvalue weighted by atomic mass is 10.0. The van der Waals surface area contributed by atoms with Crippen LogP contribution in [-0.2, 0) is 13.6 Å². The number of carbonyl (C=O) groups is 1. The second kappa shape index (κ2) is 9.12. The summed E-state index contributed by atoms with van der Waals surface area (Å²) >= 11 is 1.60. The molecule has 3 aromatic rings. The average molecular weight is 441 g/mol. The van der Waals surface area contributed by atoms with Gasteiger partial charge in [-0.2, -0.15) is 0 Å². The third-order valence-corrected chi connectivity index (χ3v) is 7.59. The number of imidazole rings is 2. The van der Waals surface area contributed by atoms with E-state index in [1.165, 1.54) is 32.1 Å². The molecule has 0 radical (unpaired) electrons. The number of hydrogen-bond donors (Lipinski definition) is 0. The van der Waals surface area contributed by atoms with Gasteiger partial charge in [-0.05, 0) is 32.2 Å². The van der Waals surface area contributed by atoms with E-state index in [0.29, 0.717) is 5.69 Å². The second-order valence-electron chi connectivity index (χ2n) is 8.90. The maximum absolute atomic E-state index is 13.6. The molecule has 0 aliphatic carbocycles. The highest BCUT2D eigenvalue weighted by Gasteiger charge is 2.31. The third kappa shape index (κ3) is 4.15. The van der Waals surface area contributed by atoms with Crippen molar-refractivity contribution in [2.45, 2.75) is 64.0 Å². The fraction of sp³-hybridized carbons (Fsp3) is 0.609. The van der Waals surface area contributed by atoms with Gasteiger partial charge in [-0.3, -0.25) is 14.1 Å². The first-order valence-electron chi connectivity index (χ1n) is 11.7. The molecule has 0 unspecified atom stereocenters. The molecular formula is C23H32N6OS. The van der Waals surface area contributed by atoms with Crippen molar-refractivity contribution < 1.29 is 4.79 Å². The summed E-state index contributed by atoms with van der Waals surface area (Å²) in [4.78, 5) is 28.5. The molecule has 8 heteroatoms. The van der Waals surface area contributed by atoms with Crippen LogP contribution in [0.2, 0.25) is 0 Å². The molecule has 31 heavy (non-hydrogen) atoms. The molecule has 0 spiro atoms. The maximum Gasteiger partial charge on any atom is 0.274 e. The minimum Gasteiger partial charge on any atom is -0.337 e. The molecule has 5 heterocycles. The highest BCUT2D eigenvalue weighted by molar-refractivity contribution is 7.15. The maximum atomic E-state index is 13.6. The van der Waals surface area contributed by atoms with E-state index in [4.69, 9.17) is 4.98 Å². The minimum absolute atomic E-state index is 0.110. The zero-order valence-corrected chi connectivity index (χ0v) is 19.2. The Kier molecular flexibility index (Phi) is 6.09. The van der Waals surface area contributed by atoms with Crippen LogP contribution in [0.3, 0.4) is 0 Å². The summed E-state index contributed by atoms with van der Waals surface area (Å²) in [6, 6.07) is 0.280. The molecule has 3 aromatic heterocycles. The number of likely N-dealkylation sites (tertiary alicyclic amines) is 2. The van der Waals surface area contributed by atoms with Crippen LogP contribution in [0.25, 0.3) is 4.96 Å². The van der Waals surface area contributed by atoms with Crippen molar-refractivity contribution in [2.24, 2.45) is 7.05 Å². The van der Waals surface area contributed by atoms with Crippen molar-refractivity contribution in [1.29, 1.82) is 0 Å². The van der Waals surface area contributed by atoms with Gasteiger partial charge >= 0.3 is 0 Å². The Morgan fingerprint density at radius 3 is 2.61 bits per heavy atom. The zero-order chi connectivity index (χ0) is 21.2. The van der Waals surface area contributed by atoms with Crippen LogP contribution < -0.4 is 0 Å². The number of piperidine rings is 1. The van der Waals surface area contributed by atoms with Crippen LogP contribution in [0.1, 0.15) is 79.4 Å². The number of rotatable bonds is 4. The van der Waals surface area contributed by atoms with Gasteiger partial charge in [0, 0.05) is 50.7 Å². The van der Waals surface area contributed by atoms with Crippen molar-refractivity contribution in [3.8, 4) is 0 Å². The highest BCUT2D eigenvalue weighted by atomic mass is 32.1. The van der Waals surface area contributed by atoms with E-state index in [0.717, 1.165) is 61.9 Å². The number of amides is 1. The van der Waals surface area contributed by atoms with E-state index in [1.54, 1.807) is 11.3 Å². The molecule has 2 saturated heterocycles. The SMILES string of the molecule is Cn1ccnc1[C@H]1CCCCN1Cc1c(C(=O)N2CCCCCCC2)nc2sccn12. The molecular weight excluding hydrogens is 408 g/mol. The molecule has 0 N–H and O–H groups in total. The molecule has 1 atom stereocenters. The van der Waals surface area contributed by atoms with E-state index in [1.807, 2.05) is 17.3 Å². The first-order valence-corrected chi connectivity index (χ1v) is 12.6. The molecule has 1 amide bonds. The molecule has 2 fully saturated rings. The number of aryl methyl sites for hydroxylation is 1. The summed E-state index contributed by atoms with van der Waals surface area (Å²) in [7, 11) is 2.07. The van der Waals surface area contributed by atoms with Gasteiger partial charge in [-0.25, -0.2) is 9.97 Å². The van der Waals surface area contributed by atoms with E-state index >= 15 is 0 Å². The quantitative estimate of drug-likeness (QED) is 0.608. The van der Waals surface area contributed by atoms with E-state index < -0.39 is 0 Å². The monoisotopic (exact) mass is 440 g/mol. The Labute approximate surface area is 187 Å². The van der Waals surface area contributed by atoms with E-state index in [-0.39, 0.29) is 11.9 Å². The van der Waals surface area contributed by atoms with Crippen molar-refractivity contribution in [3.05, 3.63) is 41.2 Å². The first kappa shape index (κ1) is 20.7. The molecule has 0 saturated carbocycles. The number of fused-ring (bicyclic) bond motifs is 1. The largest absolute Gasteiger partial charge is 0.337 e. The summed E-state index contributed by atoms with van der Waals surface area (Å²) in [6.07, 6.45) is 15.4. The topological polar surface area (TPSA) is 58.7 Å². The molecule has 2 aliphatic rings. The average Bonchev–Trinajstić information content (AvgIpc) is 3.45. The van der Waals surface area contributed by atoms with Gasteiger partial charge in [-0.1, -0.05) is 25.7 Å². The molecule has 0 aromatic carbocycles. The van der Waals surface area contributed by atoms with Crippen LogP contribution in [0.5, 0.6) is 0 Å². The van der Waals surface area contributed by atoms with E-state index in [9.17, 15) is 4.79 Å². The first-order chi connectivity index (χ1) is 15.2. The number of thiazole rings is 1. The Hall–Kier alpha value is -2.19. The van der Waals surface area contributed by atoms with Gasteiger partial charge < -0.3 is 9.47 Å². The fourth-order valence-electron chi connectivity index (χ4n) is 5.12. The van der Waals surface area contributed by atoms with Crippen LogP contribution in [0.4, 0.5) is 0 Å². The lowest BCUT2D eigenvalue weighted by Crippen LogP contribution is -2.37. The highest BCUT2D eigenvalue weighted by Crippen LogP contribution is 2.32. The number of carbonyl (C=O) groups excluding carboxylic acids is 1. The Balaban J connectivity index is 1.45. The zero-order valence-electron chi connectivity index (χ0n) is 18.4. The van der Waals surface area contributed by atoms with Gasteiger partial charge in [0.15, 0.2) is 10.7 Å². The summed E-state index contributed by atoms with van der Waals surface area (Å²) < 4.78 is 4.26.